The van der Waals surface area contributed by atoms with Crippen LogP contribution in [0.1, 0.15) is 40.7 Å². The Balaban J connectivity index is 1.82. The molecule has 2 aromatic heterocycles. The van der Waals surface area contributed by atoms with Crippen LogP contribution in [0, 0.1) is 13.8 Å². The summed E-state index contributed by atoms with van der Waals surface area (Å²) in [5.74, 6) is 0.0530. The van der Waals surface area contributed by atoms with E-state index in [0.29, 0.717) is 24.5 Å². The number of hydrogen-bond donors (Lipinski definition) is 0. The van der Waals surface area contributed by atoms with Crippen molar-refractivity contribution in [1.82, 2.24) is 20.0 Å². The summed E-state index contributed by atoms with van der Waals surface area (Å²) in [6.07, 6.45) is 0.801. The fourth-order valence-electron chi connectivity index (χ4n) is 2.66. The molecule has 0 saturated carbocycles. The van der Waals surface area contributed by atoms with Gasteiger partial charge in [0.05, 0.1) is 6.54 Å². The van der Waals surface area contributed by atoms with E-state index in [-0.39, 0.29) is 24.8 Å². The fourth-order valence-corrected chi connectivity index (χ4v) is 2.66. The van der Waals surface area contributed by atoms with Gasteiger partial charge in [0.25, 0.3) is 11.8 Å². The Hall–Kier alpha value is -2.31. The summed E-state index contributed by atoms with van der Waals surface area (Å²) >= 11 is 0. The lowest BCUT2D eigenvalue weighted by atomic mass is 9.94. The molecule has 3 rings (SSSR count). The first-order chi connectivity index (χ1) is 10.5. The number of aromatic nitrogens is 3. The summed E-state index contributed by atoms with van der Waals surface area (Å²) in [6, 6.07) is 5.22. The Kier molecular flexibility index (Phi) is 3.64. The number of pyridine rings is 1. The molecule has 0 aliphatic carbocycles. The molecule has 0 bridgehead atoms. The molecule has 116 valence electrons. The number of carbonyl (C=O) groups excluding carboxylic acids is 1. The molecule has 1 fully saturated rings. The van der Waals surface area contributed by atoms with Crippen LogP contribution in [0.5, 0.6) is 0 Å². The van der Waals surface area contributed by atoms with E-state index in [9.17, 15) is 4.79 Å². The Morgan fingerprint density at radius 1 is 1.36 bits per heavy atom. The van der Waals surface area contributed by atoms with Crippen molar-refractivity contribution in [3.8, 4) is 0 Å². The van der Waals surface area contributed by atoms with Gasteiger partial charge in [0.2, 0.25) is 5.67 Å². The van der Waals surface area contributed by atoms with E-state index in [4.69, 9.17) is 4.52 Å². The summed E-state index contributed by atoms with van der Waals surface area (Å²) in [5.41, 5.74) is -0.716. The van der Waals surface area contributed by atoms with Crippen molar-refractivity contribution < 1.29 is 13.7 Å². The van der Waals surface area contributed by atoms with E-state index >= 15 is 4.39 Å². The molecule has 3 heterocycles. The minimum Gasteiger partial charge on any atom is -0.336 e. The van der Waals surface area contributed by atoms with Gasteiger partial charge >= 0.3 is 0 Å². The molecule has 1 aliphatic rings. The van der Waals surface area contributed by atoms with Crippen LogP contribution in [0.25, 0.3) is 0 Å². The highest BCUT2D eigenvalue weighted by atomic mass is 19.1. The van der Waals surface area contributed by atoms with Crippen LogP contribution in [0.3, 0.4) is 0 Å². The maximum absolute atomic E-state index is 15.1. The van der Waals surface area contributed by atoms with Gasteiger partial charge < -0.3 is 9.42 Å². The van der Waals surface area contributed by atoms with Crippen LogP contribution in [0.15, 0.2) is 22.7 Å². The van der Waals surface area contributed by atoms with Crippen molar-refractivity contribution >= 4 is 5.91 Å². The predicted octanol–water partition coefficient (Wildman–Crippen LogP) is 2.18. The third-order valence-corrected chi connectivity index (χ3v) is 3.75. The van der Waals surface area contributed by atoms with Gasteiger partial charge in [-0.1, -0.05) is 11.2 Å². The molecule has 1 atom stereocenters. The number of amides is 1. The minimum absolute atomic E-state index is 0.0558. The second kappa shape index (κ2) is 5.47. The van der Waals surface area contributed by atoms with Crippen molar-refractivity contribution in [3.63, 3.8) is 0 Å². The first kappa shape index (κ1) is 14.6. The molecule has 6 nitrogen and oxygen atoms in total. The molecule has 0 aromatic carbocycles. The van der Waals surface area contributed by atoms with Crippen LogP contribution in [-0.4, -0.2) is 39.0 Å². The highest BCUT2D eigenvalue weighted by Gasteiger charge is 2.43. The van der Waals surface area contributed by atoms with E-state index < -0.39 is 5.67 Å². The molecule has 0 N–H and O–H groups in total. The SMILES string of the molecule is Cc1cccc(C(=O)N2CCCC(F)(c3nc(C)no3)C2)n1. The fraction of sp³-hybridized carbons (Fsp3) is 0.467. The molecule has 2 aromatic rings. The second-order valence-electron chi connectivity index (χ2n) is 5.61. The molecule has 0 radical (unpaired) electrons. The van der Waals surface area contributed by atoms with Crippen LogP contribution >= 0.6 is 0 Å². The Bertz CT molecular complexity index is 702. The topological polar surface area (TPSA) is 72.1 Å². The molecule has 7 heteroatoms. The number of halogens is 1. The average Bonchev–Trinajstić information content (AvgIpc) is 2.94. The molecule has 1 unspecified atom stereocenters. The monoisotopic (exact) mass is 304 g/mol. The van der Waals surface area contributed by atoms with Gasteiger partial charge in [-0.2, -0.15) is 4.98 Å². The normalized spacial score (nSPS) is 21.9. The maximum atomic E-state index is 15.1. The van der Waals surface area contributed by atoms with Gasteiger partial charge in [0.15, 0.2) is 5.82 Å². The first-order valence-electron chi connectivity index (χ1n) is 7.21. The first-order valence-corrected chi connectivity index (χ1v) is 7.21. The number of aryl methyl sites for hydroxylation is 2. The van der Waals surface area contributed by atoms with Crippen molar-refractivity contribution in [1.29, 1.82) is 0 Å². The third-order valence-electron chi connectivity index (χ3n) is 3.75. The standard InChI is InChI=1S/C15H17FN4O2/c1-10-5-3-6-12(17-10)13(21)20-8-4-7-15(16,9-20)14-18-11(2)19-22-14/h3,5-6H,4,7-9H2,1-2H3. The smallest absolute Gasteiger partial charge is 0.272 e. The number of likely N-dealkylation sites (tertiary alicyclic amines) is 1. The quantitative estimate of drug-likeness (QED) is 0.850. The van der Waals surface area contributed by atoms with Crippen molar-refractivity contribution in [2.75, 3.05) is 13.1 Å². The number of alkyl halides is 1. The van der Waals surface area contributed by atoms with Gasteiger partial charge in [-0.25, -0.2) is 9.37 Å². The average molecular weight is 304 g/mol. The summed E-state index contributed by atoms with van der Waals surface area (Å²) in [7, 11) is 0. The van der Waals surface area contributed by atoms with Crippen molar-refractivity contribution in [2.45, 2.75) is 32.4 Å². The summed E-state index contributed by atoms with van der Waals surface area (Å²) in [4.78, 5) is 22.2. The van der Waals surface area contributed by atoms with E-state index in [1.54, 1.807) is 19.1 Å². The van der Waals surface area contributed by atoms with Crippen LogP contribution in [-0.2, 0) is 5.67 Å². The highest BCUT2D eigenvalue weighted by molar-refractivity contribution is 5.92. The molecule has 1 aliphatic heterocycles. The van der Waals surface area contributed by atoms with E-state index in [0.717, 1.165) is 5.69 Å². The zero-order valence-corrected chi connectivity index (χ0v) is 12.5. The van der Waals surface area contributed by atoms with Crippen LogP contribution in [0.4, 0.5) is 4.39 Å². The van der Waals surface area contributed by atoms with Crippen molar-refractivity contribution in [3.05, 3.63) is 41.3 Å². The van der Waals surface area contributed by atoms with Gasteiger partial charge in [-0.3, -0.25) is 4.79 Å². The highest BCUT2D eigenvalue weighted by Crippen LogP contribution is 2.35. The Morgan fingerprint density at radius 3 is 2.86 bits per heavy atom. The van der Waals surface area contributed by atoms with E-state index in [2.05, 4.69) is 15.1 Å². The summed E-state index contributed by atoms with van der Waals surface area (Å²) in [5, 5.41) is 3.63. The van der Waals surface area contributed by atoms with Gasteiger partial charge in [-0.15, -0.1) is 0 Å². The predicted molar refractivity (Wildman–Crippen MR) is 75.9 cm³/mol. The van der Waals surface area contributed by atoms with Crippen LogP contribution in [0.2, 0.25) is 0 Å². The Labute approximate surface area is 127 Å². The number of nitrogens with zero attached hydrogens (tertiary/aromatic N) is 4. The summed E-state index contributed by atoms with van der Waals surface area (Å²) in [6.45, 7) is 3.85. The Morgan fingerprint density at radius 2 is 2.18 bits per heavy atom. The van der Waals surface area contributed by atoms with Gasteiger partial charge in [0, 0.05) is 12.2 Å². The summed E-state index contributed by atoms with van der Waals surface area (Å²) < 4.78 is 20.1. The lowest BCUT2D eigenvalue weighted by Gasteiger charge is -2.34. The minimum atomic E-state index is -1.79. The van der Waals surface area contributed by atoms with Crippen molar-refractivity contribution in [2.24, 2.45) is 0 Å². The maximum Gasteiger partial charge on any atom is 0.272 e. The molecule has 22 heavy (non-hydrogen) atoms. The number of rotatable bonds is 2. The molecular weight excluding hydrogens is 287 g/mol. The molecular formula is C15H17FN4O2. The zero-order chi connectivity index (χ0) is 15.7. The zero-order valence-electron chi connectivity index (χ0n) is 12.5. The lowest BCUT2D eigenvalue weighted by molar-refractivity contribution is 0.0149. The molecule has 0 spiro atoms. The van der Waals surface area contributed by atoms with Gasteiger partial charge in [0.1, 0.15) is 5.69 Å². The second-order valence-corrected chi connectivity index (χ2v) is 5.61. The molecule has 1 saturated heterocycles. The van der Waals surface area contributed by atoms with Gasteiger partial charge in [-0.05, 0) is 38.8 Å². The van der Waals surface area contributed by atoms with E-state index in [1.807, 2.05) is 13.0 Å². The van der Waals surface area contributed by atoms with E-state index in [1.165, 1.54) is 4.90 Å². The lowest BCUT2D eigenvalue weighted by Crippen LogP contribution is -2.46. The number of carbonyl (C=O) groups is 1. The number of hydrogen-bond acceptors (Lipinski definition) is 5. The molecule has 1 amide bonds. The van der Waals surface area contributed by atoms with Crippen LogP contribution < -0.4 is 0 Å². The largest absolute Gasteiger partial charge is 0.336 e. The number of piperidine rings is 1. The third kappa shape index (κ3) is 2.70.